The topological polar surface area (TPSA) is 68.3 Å². The van der Waals surface area contributed by atoms with Gasteiger partial charge in [0.05, 0.1) is 18.4 Å². The third kappa shape index (κ3) is 8.18. The molecular weight excluding hydrogens is 463 g/mol. The highest BCUT2D eigenvalue weighted by atomic mass is 127. The van der Waals surface area contributed by atoms with Gasteiger partial charge in [0, 0.05) is 13.1 Å². The van der Waals surface area contributed by atoms with Crippen molar-refractivity contribution >= 4 is 29.9 Å². The van der Waals surface area contributed by atoms with Gasteiger partial charge in [-0.2, -0.15) is 0 Å². The van der Waals surface area contributed by atoms with Crippen LogP contribution in [0.5, 0.6) is 0 Å². The molecule has 1 heterocycles. The average Bonchev–Trinajstić information content (AvgIpc) is 3.18. The van der Waals surface area contributed by atoms with Crippen LogP contribution in [0.25, 0.3) is 11.3 Å². The summed E-state index contributed by atoms with van der Waals surface area (Å²) in [6.45, 7) is 10.6. The number of guanidine groups is 1. The number of benzene rings is 1. The van der Waals surface area contributed by atoms with E-state index >= 15 is 0 Å². The van der Waals surface area contributed by atoms with Gasteiger partial charge in [0.2, 0.25) is 0 Å². The van der Waals surface area contributed by atoms with Gasteiger partial charge < -0.3 is 20.5 Å². The van der Waals surface area contributed by atoms with Gasteiger partial charge in [-0.15, -0.1) is 24.0 Å². The number of aliphatic imine (C=N–C) groups is 1. The SMILES string of the molecule is CCN(CC)CCCC(C)NC(=NC)NCc1ncc(-c2ccccc2)[nH]1.I. The van der Waals surface area contributed by atoms with Crippen LogP contribution < -0.4 is 10.6 Å². The smallest absolute Gasteiger partial charge is 0.191 e. The van der Waals surface area contributed by atoms with E-state index in [1.165, 1.54) is 6.42 Å². The fourth-order valence-corrected chi connectivity index (χ4v) is 3.05. The van der Waals surface area contributed by atoms with Crippen molar-refractivity contribution < 1.29 is 0 Å². The number of aromatic nitrogens is 2. The van der Waals surface area contributed by atoms with E-state index < -0.39 is 0 Å². The molecule has 0 aliphatic rings. The second kappa shape index (κ2) is 13.5. The van der Waals surface area contributed by atoms with E-state index in [1.807, 2.05) is 24.4 Å². The van der Waals surface area contributed by atoms with Crippen molar-refractivity contribution in [2.45, 2.75) is 46.2 Å². The molecule has 0 fully saturated rings. The molecule has 156 valence electrons. The molecule has 0 saturated carbocycles. The largest absolute Gasteiger partial charge is 0.354 e. The first-order valence-corrected chi connectivity index (χ1v) is 9.95. The van der Waals surface area contributed by atoms with Crippen LogP contribution in [0.4, 0.5) is 0 Å². The lowest BCUT2D eigenvalue weighted by Gasteiger charge is -2.21. The Morgan fingerprint density at radius 1 is 1.21 bits per heavy atom. The number of rotatable bonds is 10. The molecule has 0 amide bonds. The molecule has 1 atom stereocenters. The molecule has 0 aliphatic carbocycles. The van der Waals surface area contributed by atoms with Gasteiger partial charge in [-0.1, -0.05) is 44.2 Å². The van der Waals surface area contributed by atoms with Crippen LogP contribution in [-0.2, 0) is 6.54 Å². The zero-order valence-electron chi connectivity index (χ0n) is 17.5. The highest BCUT2D eigenvalue weighted by Crippen LogP contribution is 2.15. The first-order chi connectivity index (χ1) is 13.2. The fraction of sp³-hybridized carbons (Fsp3) is 0.524. The lowest BCUT2D eigenvalue weighted by molar-refractivity contribution is 0.292. The normalized spacial score (nSPS) is 12.5. The summed E-state index contributed by atoms with van der Waals surface area (Å²) in [6.07, 6.45) is 4.18. The third-order valence-corrected chi connectivity index (χ3v) is 4.75. The van der Waals surface area contributed by atoms with Gasteiger partial charge in [0.1, 0.15) is 5.82 Å². The van der Waals surface area contributed by atoms with Crippen molar-refractivity contribution in [1.29, 1.82) is 0 Å². The molecule has 1 aromatic carbocycles. The number of halogens is 1. The first-order valence-electron chi connectivity index (χ1n) is 9.95. The highest BCUT2D eigenvalue weighted by molar-refractivity contribution is 14.0. The second-order valence-electron chi connectivity index (χ2n) is 6.75. The lowest BCUT2D eigenvalue weighted by atomic mass is 10.2. The molecule has 2 rings (SSSR count). The molecule has 6 nitrogen and oxygen atoms in total. The molecular formula is C21H35IN6. The van der Waals surface area contributed by atoms with Crippen LogP contribution in [0.3, 0.4) is 0 Å². The molecule has 0 spiro atoms. The van der Waals surface area contributed by atoms with Gasteiger partial charge in [-0.3, -0.25) is 4.99 Å². The Labute approximate surface area is 186 Å². The van der Waals surface area contributed by atoms with Gasteiger partial charge in [0.25, 0.3) is 0 Å². The molecule has 7 heteroatoms. The lowest BCUT2D eigenvalue weighted by Crippen LogP contribution is -2.42. The van der Waals surface area contributed by atoms with Crippen molar-refractivity contribution in [1.82, 2.24) is 25.5 Å². The number of imidazole rings is 1. The van der Waals surface area contributed by atoms with Crippen molar-refractivity contribution in [2.24, 2.45) is 4.99 Å². The van der Waals surface area contributed by atoms with E-state index in [0.29, 0.717) is 12.6 Å². The van der Waals surface area contributed by atoms with Crippen LogP contribution in [0.1, 0.15) is 39.4 Å². The maximum absolute atomic E-state index is 4.46. The monoisotopic (exact) mass is 498 g/mol. The van der Waals surface area contributed by atoms with E-state index in [-0.39, 0.29) is 24.0 Å². The molecule has 0 bridgehead atoms. The Hall–Kier alpha value is -1.61. The van der Waals surface area contributed by atoms with Crippen LogP contribution >= 0.6 is 24.0 Å². The van der Waals surface area contributed by atoms with E-state index in [0.717, 1.165) is 49.1 Å². The summed E-state index contributed by atoms with van der Waals surface area (Å²) in [5, 5.41) is 6.80. The third-order valence-electron chi connectivity index (χ3n) is 4.75. The summed E-state index contributed by atoms with van der Waals surface area (Å²) in [6, 6.07) is 10.6. The number of hydrogen-bond acceptors (Lipinski definition) is 3. The number of nitrogens with zero attached hydrogens (tertiary/aromatic N) is 3. The summed E-state index contributed by atoms with van der Waals surface area (Å²) < 4.78 is 0. The minimum absolute atomic E-state index is 0. The highest BCUT2D eigenvalue weighted by Gasteiger charge is 2.08. The fourth-order valence-electron chi connectivity index (χ4n) is 3.05. The maximum Gasteiger partial charge on any atom is 0.191 e. The van der Waals surface area contributed by atoms with Crippen LogP contribution in [0.2, 0.25) is 0 Å². The summed E-state index contributed by atoms with van der Waals surface area (Å²) in [5.41, 5.74) is 2.17. The minimum Gasteiger partial charge on any atom is -0.354 e. The Morgan fingerprint density at radius 2 is 1.93 bits per heavy atom. The van der Waals surface area contributed by atoms with Crippen molar-refractivity contribution in [2.75, 3.05) is 26.7 Å². The van der Waals surface area contributed by atoms with Gasteiger partial charge in [-0.25, -0.2) is 4.98 Å². The van der Waals surface area contributed by atoms with E-state index in [9.17, 15) is 0 Å². The van der Waals surface area contributed by atoms with Gasteiger partial charge >= 0.3 is 0 Å². The molecule has 28 heavy (non-hydrogen) atoms. The van der Waals surface area contributed by atoms with E-state index in [2.05, 4.69) is 63.4 Å². The molecule has 0 radical (unpaired) electrons. The minimum atomic E-state index is 0. The van der Waals surface area contributed by atoms with Crippen LogP contribution in [-0.4, -0.2) is 53.6 Å². The zero-order chi connectivity index (χ0) is 19.5. The summed E-state index contributed by atoms with van der Waals surface area (Å²) in [7, 11) is 1.80. The van der Waals surface area contributed by atoms with E-state index in [4.69, 9.17) is 0 Å². The second-order valence-corrected chi connectivity index (χ2v) is 6.75. The predicted octanol–water partition coefficient (Wildman–Crippen LogP) is 3.87. The molecule has 3 N–H and O–H groups in total. The van der Waals surface area contributed by atoms with Gasteiger partial charge in [-0.05, 0) is 45.0 Å². The standard InChI is InChI=1S/C21H34N6.HI/c1-5-27(6-2)14-10-11-17(3)25-21(22-4)24-16-20-23-15-19(26-20)18-12-8-7-9-13-18;/h7-9,12-13,15,17H,5-6,10-11,14,16H2,1-4H3,(H,23,26)(H2,22,24,25);1H. The number of nitrogens with one attached hydrogen (secondary N) is 3. The predicted molar refractivity (Wildman–Crippen MR) is 129 cm³/mol. The summed E-state index contributed by atoms with van der Waals surface area (Å²) >= 11 is 0. The summed E-state index contributed by atoms with van der Waals surface area (Å²) in [5.74, 6) is 1.70. The molecule has 1 aromatic heterocycles. The first kappa shape index (κ1) is 24.4. The molecule has 1 unspecified atom stereocenters. The Kier molecular flexibility index (Phi) is 11.8. The van der Waals surface area contributed by atoms with Crippen LogP contribution in [0.15, 0.2) is 41.5 Å². The molecule has 0 saturated heterocycles. The number of hydrogen-bond donors (Lipinski definition) is 3. The Balaban J connectivity index is 0.00000392. The van der Waals surface area contributed by atoms with Crippen LogP contribution in [0, 0.1) is 0 Å². The van der Waals surface area contributed by atoms with Crippen molar-refractivity contribution in [3.63, 3.8) is 0 Å². The van der Waals surface area contributed by atoms with Crippen molar-refractivity contribution in [3.05, 3.63) is 42.4 Å². The number of aromatic amines is 1. The summed E-state index contributed by atoms with van der Waals surface area (Å²) in [4.78, 5) is 14.6. The zero-order valence-corrected chi connectivity index (χ0v) is 19.9. The Morgan fingerprint density at radius 3 is 2.57 bits per heavy atom. The maximum atomic E-state index is 4.46. The van der Waals surface area contributed by atoms with Crippen molar-refractivity contribution in [3.8, 4) is 11.3 Å². The van der Waals surface area contributed by atoms with E-state index in [1.54, 1.807) is 7.05 Å². The Bertz CT molecular complexity index is 681. The number of H-pyrrole nitrogens is 1. The van der Waals surface area contributed by atoms with Gasteiger partial charge in [0.15, 0.2) is 5.96 Å². The molecule has 2 aromatic rings. The quantitative estimate of drug-likeness (QED) is 0.264. The molecule has 0 aliphatic heterocycles. The average molecular weight is 498 g/mol.